The Balaban J connectivity index is 4.03. The highest BCUT2D eigenvalue weighted by Gasteiger charge is 2.48. The van der Waals surface area contributed by atoms with Crippen molar-refractivity contribution in [2.24, 2.45) is 0 Å². The lowest BCUT2D eigenvalue weighted by atomic mass is 9.92. The number of aliphatic carboxylic acids is 1. The predicted molar refractivity (Wildman–Crippen MR) is 113 cm³/mol. The van der Waals surface area contributed by atoms with E-state index in [1.165, 1.54) is 57.8 Å². The first kappa shape index (κ1) is 27.8. The lowest BCUT2D eigenvalue weighted by Crippen LogP contribution is -2.55. The molecule has 0 fully saturated rings. The van der Waals surface area contributed by atoms with Crippen molar-refractivity contribution in [1.29, 1.82) is 0 Å². The average Bonchev–Trinajstić information content (AvgIpc) is 2.66. The van der Waals surface area contributed by atoms with Gasteiger partial charge in [-0.25, -0.2) is 18.6 Å². The molecule has 0 aliphatic carbocycles. The first-order valence-corrected chi connectivity index (χ1v) is 12.3. The van der Waals surface area contributed by atoms with E-state index in [9.17, 15) is 28.9 Å². The number of carboxylic acids is 1. The van der Waals surface area contributed by atoms with Crippen LogP contribution in [0.25, 0.3) is 0 Å². The van der Waals surface area contributed by atoms with Gasteiger partial charge in [-0.15, -0.1) is 0 Å². The highest BCUT2D eigenvalue weighted by Crippen LogP contribution is 2.32. The summed E-state index contributed by atoms with van der Waals surface area (Å²) in [7, 11) is -3.43. The lowest BCUT2D eigenvalue weighted by Gasteiger charge is -2.33. The summed E-state index contributed by atoms with van der Waals surface area (Å²) in [5.74, 6) is -2.40. The summed E-state index contributed by atoms with van der Waals surface area (Å²) in [4.78, 5) is 23.3. The third-order valence-corrected chi connectivity index (χ3v) is 6.46. The molecule has 0 saturated heterocycles. The van der Waals surface area contributed by atoms with Crippen molar-refractivity contribution in [1.82, 2.24) is 4.67 Å². The second-order valence-corrected chi connectivity index (χ2v) is 8.79. The maximum Gasteiger partial charge on any atom is 0.430 e. The second kappa shape index (κ2) is 16.6. The molecule has 1 amide bonds. The van der Waals surface area contributed by atoms with Crippen molar-refractivity contribution in [2.45, 2.75) is 116 Å². The zero-order valence-electron chi connectivity index (χ0n) is 18.2. The van der Waals surface area contributed by atoms with Gasteiger partial charge in [-0.3, -0.25) is 4.79 Å². The molecule has 0 rings (SSSR count). The molecule has 0 unspecified atom stereocenters. The van der Waals surface area contributed by atoms with Crippen molar-refractivity contribution in [3.8, 4) is 0 Å². The van der Waals surface area contributed by atoms with Crippen molar-refractivity contribution in [3.63, 3.8) is 0 Å². The van der Waals surface area contributed by atoms with Gasteiger partial charge in [0.15, 0.2) is 5.54 Å². The lowest BCUT2D eigenvalue weighted by molar-refractivity contribution is -0.156. The molecular weight excluding hydrogens is 393 g/mol. The van der Waals surface area contributed by atoms with E-state index in [0.717, 1.165) is 32.6 Å². The minimum Gasteiger partial charge on any atom is -0.479 e. The summed E-state index contributed by atoms with van der Waals surface area (Å²) in [5, 5.41) is 19.1. The Morgan fingerprint density at radius 2 is 1.17 bits per heavy atom. The van der Waals surface area contributed by atoms with Crippen LogP contribution in [-0.4, -0.2) is 38.9 Å². The molecule has 0 aromatic rings. The number of aliphatic hydroxyl groups is 1. The topological polar surface area (TPSA) is 112 Å². The maximum absolute atomic E-state index is 11.6. The van der Waals surface area contributed by atoms with Crippen molar-refractivity contribution >= 4 is 19.7 Å². The van der Waals surface area contributed by atoms with E-state index in [4.69, 9.17) is 0 Å². The minimum atomic E-state index is -3.43. The number of carboxylic acid groups (broad SMARTS) is 1. The van der Waals surface area contributed by atoms with Crippen LogP contribution >= 0.6 is 7.83 Å². The first-order valence-electron chi connectivity index (χ1n) is 11.1. The first-order chi connectivity index (χ1) is 13.8. The summed E-state index contributed by atoms with van der Waals surface area (Å²) in [5.41, 5.74) is -2.10. The van der Waals surface area contributed by atoms with Gasteiger partial charge in [0.2, 0.25) is 5.91 Å². The van der Waals surface area contributed by atoms with E-state index >= 15 is 0 Å². The largest absolute Gasteiger partial charge is 0.479 e. The molecule has 8 heteroatoms. The van der Waals surface area contributed by atoms with Crippen LogP contribution < -0.4 is 0 Å². The number of nitrogens with zero attached hydrogens (tertiary/aromatic N) is 1. The van der Waals surface area contributed by atoms with Gasteiger partial charge < -0.3 is 10.2 Å². The normalized spacial score (nSPS) is 13.1. The molecular formula is C21H40NO6P. The molecule has 29 heavy (non-hydrogen) atoms. The van der Waals surface area contributed by atoms with E-state index < -0.39 is 31.9 Å². The van der Waals surface area contributed by atoms with Crippen molar-refractivity contribution < 1.29 is 28.9 Å². The Morgan fingerprint density at radius 1 is 0.793 bits per heavy atom. The van der Waals surface area contributed by atoms with Crippen LogP contribution in [0, 0.1) is 0 Å². The standard InChI is InChI=1S/C21H40NO6P/c1-3-4-5-6-7-8-9-10-11-12-13-14-15-16-17-21(18-23,20(25)26)22(19(2)24)29(27)28/h23H,3-18H2,1-2H3,(H,25,26)/t21-/m0/s1. The van der Waals surface area contributed by atoms with E-state index in [1.807, 2.05) is 0 Å². The average molecular weight is 434 g/mol. The molecule has 7 nitrogen and oxygen atoms in total. The van der Waals surface area contributed by atoms with Gasteiger partial charge in [-0.1, -0.05) is 96.8 Å². The number of hydrogen-bond acceptors (Lipinski definition) is 5. The molecule has 0 aliphatic heterocycles. The number of unbranched alkanes of at least 4 members (excludes halogenated alkanes) is 13. The minimum absolute atomic E-state index is 0.0836. The van der Waals surface area contributed by atoms with Gasteiger partial charge in [0.25, 0.3) is 0 Å². The Labute approximate surface area is 176 Å². The fraction of sp³-hybridized carbons (Fsp3) is 0.905. The maximum atomic E-state index is 11.6. The van der Waals surface area contributed by atoms with Gasteiger partial charge in [0.05, 0.1) is 6.61 Å². The van der Waals surface area contributed by atoms with Crippen LogP contribution in [0.4, 0.5) is 0 Å². The fourth-order valence-electron chi connectivity index (χ4n) is 3.70. The van der Waals surface area contributed by atoms with Crippen molar-refractivity contribution in [2.75, 3.05) is 6.61 Å². The number of rotatable bonds is 19. The molecule has 0 aliphatic rings. The molecule has 2 N–H and O–H groups in total. The molecule has 1 atom stereocenters. The van der Waals surface area contributed by atoms with Gasteiger partial charge >= 0.3 is 13.8 Å². The van der Waals surface area contributed by atoms with Crippen LogP contribution in [0.2, 0.25) is 0 Å². The molecule has 0 radical (unpaired) electrons. The van der Waals surface area contributed by atoms with E-state index in [2.05, 4.69) is 6.92 Å². The highest BCUT2D eigenvalue weighted by molar-refractivity contribution is 7.29. The molecule has 170 valence electrons. The Morgan fingerprint density at radius 3 is 1.45 bits per heavy atom. The number of hydrogen-bond donors (Lipinski definition) is 2. The summed E-state index contributed by atoms with van der Waals surface area (Å²) in [6.07, 6.45) is 16.0. The number of amides is 1. The van der Waals surface area contributed by atoms with Crippen LogP contribution in [0.5, 0.6) is 0 Å². The van der Waals surface area contributed by atoms with Gasteiger partial charge in [-0.2, -0.15) is 0 Å². The summed E-state index contributed by atoms with van der Waals surface area (Å²) in [6, 6.07) is 0. The van der Waals surface area contributed by atoms with Gasteiger partial charge in [-0.05, 0) is 6.42 Å². The van der Waals surface area contributed by atoms with E-state index in [1.54, 1.807) is 0 Å². The fourth-order valence-corrected chi connectivity index (χ4v) is 4.49. The van der Waals surface area contributed by atoms with E-state index in [0.29, 0.717) is 6.42 Å². The van der Waals surface area contributed by atoms with Crippen LogP contribution in [-0.2, 0) is 18.7 Å². The van der Waals surface area contributed by atoms with Crippen molar-refractivity contribution in [3.05, 3.63) is 0 Å². The van der Waals surface area contributed by atoms with Gasteiger partial charge in [0, 0.05) is 6.92 Å². The third kappa shape index (κ3) is 10.9. The Hall–Kier alpha value is -1.20. The van der Waals surface area contributed by atoms with Crippen LogP contribution in [0.15, 0.2) is 0 Å². The molecule has 0 aromatic carbocycles. The zero-order chi connectivity index (χ0) is 22.1. The Bertz CT molecular complexity index is 529. The molecule has 0 aromatic heterocycles. The summed E-state index contributed by atoms with van der Waals surface area (Å²) < 4.78 is 23.0. The van der Waals surface area contributed by atoms with Gasteiger partial charge in [0.1, 0.15) is 0 Å². The van der Waals surface area contributed by atoms with Crippen LogP contribution in [0.3, 0.4) is 0 Å². The van der Waals surface area contributed by atoms with Crippen LogP contribution in [0.1, 0.15) is 110 Å². The smallest absolute Gasteiger partial charge is 0.430 e. The summed E-state index contributed by atoms with van der Waals surface area (Å²) in [6.45, 7) is 2.29. The highest BCUT2D eigenvalue weighted by atomic mass is 31.1. The molecule has 0 spiro atoms. The zero-order valence-corrected chi connectivity index (χ0v) is 19.1. The quantitative estimate of drug-likeness (QED) is 0.202. The molecule has 0 saturated carbocycles. The Kier molecular flexibility index (Phi) is 15.9. The third-order valence-electron chi connectivity index (χ3n) is 5.47. The van der Waals surface area contributed by atoms with E-state index in [-0.39, 0.29) is 11.1 Å². The summed E-state index contributed by atoms with van der Waals surface area (Å²) >= 11 is 0. The number of carbonyl (C=O) groups is 2. The number of aliphatic hydroxyl groups excluding tert-OH is 1. The molecule has 0 heterocycles. The monoisotopic (exact) mass is 433 g/mol. The predicted octanol–water partition coefficient (Wildman–Crippen LogP) is 5.61. The number of carbonyl (C=O) groups excluding carboxylic acids is 1. The SMILES string of the molecule is CCCCCCCCCCCCCCCC[C@](CO)(C(=O)O)N(C(C)=O)P(=O)=O. The molecule has 0 bridgehead atoms. The second-order valence-electron chi connectivity index (χ2n) is 7.91.